The van der Waals surface area contributed by atoms with Crippen LogP contribution in [0.25, 0.3) is 0 Å². The van der Waals surface area contributed by atoms with Crippen molar-refractivity contribution in [1.82, 2.24) is 9.71 Å². The molecule has 7 heteroatoms. The summed E-state index contributed by atoms with van der Waals surface area (Å²) in [5, 5.41) is 0. The van der Waals surface area contributed by atoms with Gasteiger partial charge in [0.1, 0.15) is 0 Å². The number of nitrogens with zero attached hydrogens (tertiary/aromatic N) is 1. The van der Waals surface area contributed by atoms with Crippen molar-refractivity contribution in [3.8, 4) is 0 Å². The summed E-state index contributed by atoms with van der Waals surface area (Å²) in [4.78, 5) is 16.6. The van der Waals surface area contributed by atoms with Crippen LogP contribution in [0.15, 0.2) is 47.7 Å². The molecule has 3 N–H and O–H groups in total. The van der Waals surface area contributed by atoms with Gasteiger partial charge < -0.3 is 5.73 Å². The fourth-order valence-corrected chi connectivity index (χ4v) is 6.19. The molecule has 2 saturated carbocycles. The van der Waals surface area contributed by atoms with Gasteiger partial charge in [-0.25, -0.2) is 13.1 Å². The number of carbonyl (C=O) groups excluding carboxylic acids is 1. The molecule has 1 aromatic rings. The van der Waals surface area contributed by atoms with Gasteiger partial charge in [-0.2, -0.15) is 0 Å². The van der Waals surface area contributed by atoms with E-state index in [1.54, 1.807) is 30.6 Å². The Morgan fingerprint density at radius 3 is 2.71 bits per heavy atom. The second-order valence-electron chi connectivity index (χ2n) is 8.25. The number of pyridine rings is 1. The highest BCUT2D eigenvalue weighted by Crippen LogP contribution is 2.65. The Morgan fingerprint density at radius 1 is 1.32 bits per heavy atom. The van der Waals surface area contributed by atoms with E-state index >= 15 is 0 Å². The number of allylic oxidation sites excluding steroid dienone is 3. The second-order valence-corrected chi connectivity index (χ2v) is 10.0. The van der Waals surface area contributed by atoms with Crippen LogP contribution in [0.2, 0.25) is 0 Å². The van der Waals surface area contributed by atoms with Crippen molar-refractivity contribution >= 4 is 15.9 Å². The Balaban J connectivity index is 1.42. The number of amides is 1. The molecule has 0 saturated heterocycles. The molecule has 0 radical (unpaired) electrons. The van der Waals surface area contributed by atoms with Crippen molar-refractivity contribution in [3.63, 3.8) is 0 Å². The maximum atomic E-state index is 12.6. The van der Waals surface area contributed by atoms with E-state index in [4.69, 9.17) is 5.73 Å². The van der Waals surface area contributed by atoms with Crippen LogP contribution in [0.5, 0.6) is 0 Å². The normalized spacial score (nSPS) is 30.2. The number of nitrogens with one attached hydrogen (secondary N) is 1. The first kappa shape index (κ1) is 19.3. The third-order valence-corrected chi connectivity index (χ3v) is 8.16. The molecule has 4 rings (SSSR count). The predicted molar refractivity (Wildman–Crippen MR) is 107 cm³/mol. The van der Waals surface area contributed by atoms with Crippen molar-refractivity contribution in [2.24, 2.45) is 28.9 Å². The summed E-state index contributed by atoms with van der Waals surface area (Å²) in [7, 11) is -3.60. The SMILES string of the molecule is NC(=O)[C@]1(C2C=CC(S(=O)(=O)NCc3cccnc3)=CC2)C[C@H]1C1CCCC1. The largest absolute Gasteiger partial charge is 0.369 e. The molecule has 1 unspecified atom stereocenters. The van der Waals surface area contributed by atoms with Gasteiger partial charge in [-0.15, -0.1) is 0 Å². The van der Waals surface area contributed by atoms with Crippen molar-refractivity contribution in [3.05, 3.63) is 53.2 Å². The van der Waals surface area contributed by atoms with E-state index in [1.165, 1.54) is 25.7 Å². The molecule has 1 heterocycles. The van der Waals surface area contributed by atoms with Crippen LogP contribution in [0, 0.1) is 23.2 Å². The Labute approximate surface area is 166 Å². The van der Waals surface area contributed by atoms with Crippen LogP contribution < -0.4 is 10.5 Å². The molecule has 28 heavy (non-hydrogen) atoms. The minimum absolute atomic E-state index is 0.00660. The van der Waals surface area contributed by atoms with Gasteiger partial charge in [-0.05, 0) is 48.3 Å². The van der Waals surface area contributed by atoms with Gasteiger partial charge in [0.05, 0.1) is 10.3 Å². The minimum atomic E-state index is -3.60. The first-order chi connectivity index (χ1) is 13.4. The average molecular weight is 402 g/mol. The fraction of sp³-hybridized carbons (Fsp3) is 0.524. The number of primary amides is 1. The molecule has 3 aliphatic rings. The van der Waals surface area contributed by atoms with E-state index in [0.717, 1.165) is 12.0 Å². The molecule has 2 fully saturated rings. The Kier molecular flexibility index (Phi) is 5.14. The minimum Gasteiger partial charge on any atom is -0.369 e. The smallest absolute Gasteiger partial charge is 0.240 e. The summed E-state index contributed by atoms with van der Waals surface area (Å²) in [5.74, 6) is 0.718. The third kappa shape index (κ3) is 3.53. The monoisotopic (exact) mass is 401 g/mol. The Morgan fingerprint density at radius 2 is 2.11 bits per heavy atom. The predicted octanol–water partition coefficient (Wildman–Crippen LogP) is 2.64. The van der Waals surface area contributed by atoms with Gasteiger partial charge >= 0.3 is 0 Å². The third-order valence-electron chi connectivity index (χ3n) is 6.71. The number of sulfonamides is 1. The Bertz CT molecular complexity index is 904. The number of hydrogen-bond donors (Lipinski definition) is 2. The van der Waals surface area contributed by atoms with Crippen LogP contribution in [0.4, 0.5) is 0 Å². The average Bonchev–Trinajstić information content (AvgIpc) is 3.24. The van der Waals surface area contributed by atoms with Crippen LogP contribution in [-0.4, -0.2) is 19.3 Å². The molecule has 3 aliphatic carbocycles. The van der Waals surface area contributed by atoms with Crippen LogP contribution in [0.3, 0.4) is 0 Å². The molecule has 150 valence electrons. The first-order valence-corrected chi connectivity index (χ1v) is 11.5. The van der Waals surface area contributed by atoms with Crippen LogP contribution in [-0.2, 0) is 21.4 Å². The van der Waals surface area contributed by atoms with Crippen LogP contribution >= 0.6 is 0 Å². The number of rotatable bonds is 7. The lowest BCUT2D eigenvalue weighted by molar-refractivity contribution is -0.125. The number of aromatic nitrogens is 1. The zero-order chi connectivity index (χ0) is 19.8. The molecule has 0 spiro atoms. The molecule has 6 nitrogen and oxygen atoms in total. The Hall–Kier alpha value is -1.99. The van der Waals surface area contributed by atoms with Gasteiger partial charge in [0.15, 0.2) is 0 Å². The zero-order valence-corrected chi connectivity index (χ0v) is 16.7. The number of hydrogen-bond acceptors (Lipinski definition) is 4. The first-order valence-electron chi connectivity index (χ1n) is 10.0. The highest BCUT2D eigenvalue weighted by atomic mass is 32.2. The maximum absolute atomic E-state index is 12.6. The fourth-order valence-electron chi connectivity index (χ4n) is 5.09. The standard InChI is InChI=1S/C21H27N3O3S/c22-20(25)21(12-19(21)16-5-1-2-6-16)17-7-9-18(10-8-17)28(26,27)24-14-15-4-3-11-23-13-15/h3-4,7,9-11,13,16-17,19,24H,1-2,5-6,8,12,14H2,(H2,22,25)/t17?,19-,21-/m0/s1. The maximum Gasteiger partial charge on any atom is 0.240 e. The highest BCUT2D eigenvalue weighted by Gasteiger charge is 2.64. The lowest BCUT2D eigenvalue weighted by Crippen LogP contribution is -2.35. The summed E-state index contributed by atoms with van der Waals surface area (Å²) in [5.41, 5.74) is 6.14. The van der Waals surface area contributed by atoms with Gasteiger partial charge in [-0.3, -0.25) is 9.78 Å². The summed E-state index contributed by atoms with van der Waals surface area (Å²) in [6.45, 7) is 0.194. The molecule has 0 bridgehead atoms. The van der Waals surface area contributed by atoms with Gasteiger partial charge in [-0.1, -0.05) is 43.9 Å². The van der Waals surface area contributed by atoms with Crippen molar-refractivity contribution < 1.29 is 13.2 Å². The van der Waals surface area contributed by atoms with E-state index in [-0.39, 0.29) is 23.3 Å². The van der Waals surface area contributed by atoms with E-state index in [9.17, 15) is 13.2 Å². The van der Waals surface area contributed by atoms with Crippen molar-refractivity contribution in [1.29, 1.82) is 0 Å². The van der Waals surface area contributed by atoms with E-state index in [0.29, 0.717) is 18.3 Å². The molecule has 0 aliphatic heterocycles. The lowest BCUT2D eigenvalue weighted by Gasteiger charge is -2.26. The number of nitrogens with two attached hydrogens (primary N) is 1. The highest BCUT2D eigenvalue weighted by molar-refractivity contribution is 7.93. The van der Waals surface area contributed by atoms with E-state index in [1.807, 2.05) is 12.1 Å². The van der Waals surface area contributed by atoms with Gasteiger partial charge in [0.25, 0.3) is 0 Å². The number of carbonyl (C=O) groups is 1. The molecule has 1 amide bonds. The van der Waals surface area contributed by atoms with E-state index < -0.39 is 15.4 Å². The van der Waals surface area contributed by atoms with Gasteiger partial charge in [0.2, 0.25) is 15.9 Å². The zero-order valence-electron chi connectivity index (χ0n) is 15.9. The summed E-state index contributed by atoms with van der Waals surface area (Å²) < 4.78 is 27.8. The summed E-state index contributed by atoms with van der Waals surface area (Å²) in [6, 6.07) is 3.59. The summed E-state index contributed by atoms with van der Waals surface area (Å²) >= 11 is 0. The van der Waals surface area contributed by atoms with Crippen molar-refractivity contribution in [2.75, 3.05) is 0 Å². The topological polar surface area (TPSA) is 102 Å². The van der Waals surface area contributed by atoms with Crippen molar-refractivity contribution in [2.45, 2.75) is 45.1 Å². The lowest BCUT2D eigenvalue weighted by atomic mass is 9.79. The summed E-state index contributed by atoms with van der Waals surface area (Å²) in [6.07, 6.45) is 14.8. The quantitative estimate of drug-likeness (QED) is 0.733. The molecule has 0 aromatic carbocycles. The van der Waals surface area contributed by atoms with E-state index in [2.05, 4.69) is 9.71 Å². The van der Waals surface area contributed by atoms with Crippen LogP contribution in [0.1, 0.15) is 44.1 Å². The molecule has 3 atom stereocenters. The molecule has 1 aromatic heterocycles. The molecular weight excluding hydrogens is 374 g/mol. The molecular formula is C21H27N3O3S. The second kappa shape index (κ2) is 7.44. The van der Waals surface area contributed by atoms with Gasteiger partial charge in [0, 0.05) is 18.9 Å².